The van der Waals surface area contributed by atoms with Crippen LogP contribution in [0.5, 0.6) is 0 Å². The van der Waals surface area contributed by atoms with Crippen LogP contribution in [0.4, 0.5) is 14.5 Å². The summed E-state index contributed by atoms with van der Waals surface area (Å²) in [4.78, 5) is 12.2. The van der Waals surface area contributed by atoms with Crippen molar-refractivity contribution < 1.29 is 22.0 Å². The van der Waals surface area contributed by atoms with Crippen molar-refractivity contribution in [3.8, 4) is 0 Å². The molecule has 8 heteroatoms. The summed E-state index contributed by atoms with van der Waals surface area (Å²) < 4.78 is 51.4. The molecule has 1 saturated heterocycles. The van der Waals surface area contributed by atoms with Gasteiger partial charge in [-0.25, -0.2) is 21.5 Å². The number of carbonyl (C=O) groups is 1. The minimum absolute atomic E-state index is 0.0199. The molecule has 2 rings (SSSR count). The molecule has 1 aliphatic heterocycles. The number of amides is 1. The summed E-state index contributed by atoms with van der Waals surface area (Å²) in [6.07, 6.45) is 1.10. The monoisotopic (exact) mass is 332 g/mol. The number of benzene rings is 1. The van der Waals surface area contributed by atoms with E-state index < -0.39 is 33.5 Å². The van der Waals surface area contributed by atoms with Gasteiger partial charge in [-0.3, -0.25) is 4.79 Å². The second-order valence-electron chi connectivity index (χ2n) is 5.21. The summed E-state index contributed by atoms with van der Waals surface area (Å²) in [5.74, 6) is -2.61. The second-order valence-corrected chi connectivity index (χ2v) is 7.47. The number of sulfonamides is 1. The molecule has 0 unspecified atom stereocenters. The van der Waals surface area contributed by atoms with Crippen LogP contribution in [0.3, 0.4) is 0 Å². The summed E-state index contributed by atoms with van der Waals surface area (Å²) >= 11 is 0. The Morgan fingerprint density at radius 3 is 2.77 bits per heavy atom. The Bertz CT molecular complexity index is 664. The normalized spacial score (nSPS) is 19.9. The lowest BCUT2D eigenvalue weighted by atomic mass is 9.98. The van der Waals surface area contributed by atoms with Gasteiger partial charge in [-0.05, 0) is 31.9 Å². The van der Waals surface area contributed by atoms with E-state index in [1.807, 2.05) is 0 Å². The van der Waals surface area contributed by atoms with E-state index in [0.29, 0.717) is 25.5 Å². The molecule has 0 spiro atoms. The Morgan fingerprint density at radius 2 is 2.14 bits per heavy atom. The van der Waals surface area contributed by atoms with E-state index in [4.69, 9.17) is 0 Å². The Hall–Kier alpha value is -1.54. The molecule has 1 aliphatic rings. The molecule has 0 aromatic heterocycles. The second kappa shape index (κ2) is 6.70. The van der Waals surface area contributed by atoms with Gasteiger partial charge in [0.05, 0.1) is 17.4 Å². The predicted molar refractivity (Wildman–Crippen MR) is 78.7 cm³/mol. The van der Waals surface area contributed by atoms with Crippen molar-refractivity contribution in [1.29, 1.82) is 0 Å². The van der Waals surface area contributed by atoms with Crippen LogP contribution in [0.15, 0.2) is 18.2 Å². The summed E-state index contributed by atoms with van der Waals surface area (Å²) in [7, 11) is -3.34. The largest absolute Gasteiger partial charge is 0.323 e. The number of halogens is 2. The SMILES string of the molecule is CCS(=O)(=O)N1CCC[C@H](C(=O)Nc2ccc(F)cc2F)C1. The molecule has 1 heterocycles. The summed E-state index contributed by atoms with van der Waals surface area (Å²) in [6.45, 7) is 2.03. The highest BCUT2D eigenvalue weighted by atomic mass is 32.2. The zero-order chi connectivity index (χ0) is 16.3. The minimum Gasteiger partial charge on any atom is -0.323 e. The highest BCUT2D eigenvalue weighted by molar-refractivity contribution is 7.89. The van der Waals surface area contributed by atoms with Gasteiger partial charge in [-0.2, -0.15) is 0 Å². The zero-order valence-corrected chi connectivity index (χ0v) is 13.0. The van der Waals surface area contributed by atoms with Gasteiger partial charge < -0.3 is 5.32 Å². The van der Waals surface area contributed by atoms with Crippen LogP contribution in [0.1, 0.15) is 19.8 Å². The van der Waals surface area contributed by atoms with Crippen molar-refractivity contribution in [1.82, 2.24) is 4.31 Å². The van der Waals surface area contributed by atoms with Crippen molar-refractivity contribution >= 4 is 21.6 Å². The Morgan fingerprint density at radius 1 is 1.41 bits per heavy atom. The van der Waals surface area contributed by atoms with Gasteiger partial charge in [0, 0.05) is 19.2 Å². The summed E-state index contributed by atoms with van der Waals surface area (Å²) in [5, 5.41) is 2.40. The molecular formula is C14H18F2N2O3S. The van der Waals surface area contributed by atoms with Crippen molar-refractivity contribution in [3.05, 3.63) is 29.8 Å². The molecule has 5 nitrogen and oxygen atoms in total. The highest BCUT2D eigenvalue weighted by Crippen LogP contribution is 2.22. The standard InChI is InChI=1S/C14H18F2N2O3S/c1-2-22(20,21)18-7-3-4-10(9-18)14(19)17-13-6-5-11(15)8-12(13)16/h5-6,8,10H,2-4,7,9H2,1H3,(H,17,19)/t10-/m0/s1. The number of piperidine rings is 1. The number of nitrogens with zero attached hydrogens (tertiary/aromatic N) is 1. The molecule has 1 aromatic carbocycles. The van der Waals surface area contributed by atoms with E-state index in [0.717, 1.165) is 12.1 Å². The van der Waals surface area contributed by atoms with Crippen molar-refractivity contribution in [2.75, 3.05) is 24.2 Å². The highest BCUT2D eigenvalue weighted by Gasteiger charge is 2.31. The lowest BCUT2D eigenvalue weighted by Gasteiger charge is -2.30. The molecule has 1 atom stereocenters. The van der Waals surface area contributed by atoms with Gasteiger partial charge in [0.15, 0.2) is 0 Å². The third-order valence-electron chi connectivity index (χ3n) is 3.70. The first-order valence-electron chi connectivity index (χ1n) is 7.07. The number of anilines is 1. The third-order valence-corrected chi connectivity index (χ3v) is 5.55. The Labute approximate surface area is 128 Å². The number of hydrogen-bond donors (Lipinski definition) is 1. The van der Waals surface area contributed by atoms with Crippen molar-refractivity contribution in [2.24, 2.45) is 5.92 Å². The van der Waals surface area contributed by atoms with Gasteiger partial charge in [-0.1, -0.05) is 0 Å². The molecule has 0 bridgehead atoms. The van der Waals surface area contributed by atoms with Crippen LogP contribution in [0, 0.1) is 17.6 Å². The fraction of sp³-hybridized carbons (Fsp3) is 0.500. The first kappa shape index (κ1) is 16.8. The van der Waals surface area contributed by atoms with Gasteiger partial charge in [0.1, 0.15) is 11.6 Å². The predicted octanol–water partition coefficient (Wildman–Crippen LogP) is 1.96. The number of carbonyl (C=O) groups excluding carboxylic acids is 1. The third kappa shape index (κ3) is 3.80. The van der Waals surface area contributed by atoms with Crippen LogP contribution >= 0.6 is 0 Å². The smallest absolute Gasteiger partial charge is 0.228 e. The zero-order valence-electron chi connectivity index (χ0n) is 12.2. The Kier molecular flexibility index (Phi) is 5.12. The quantitative estimate of drug-likeness (QED) is 0.917. The van der Waals surface area contributed by atoms with Crippen LogP contribution in [0.2, 0.25) is 0 Å². The lowest BCUT2D eigenvalue weighted by molar-refractivity contribution is -0.120. The molecule has 122 valence electrons. The topological polar surface area (TPSA) is 66.5 Å². The van der Waals surface area contributed by atoms with Gasteiger partial charge in [0.2, 0.25) is 15.9 Å². The molecule has 0 saturated carbocycles. The number of hydrogen-bond acceptors (Lipinski definition) is 3. The Balaban J connectivity index is 2.06. The average Bonchev–Trinajstić information content (AvgIpc) is 2.50. The molecule has 1 aromatic rings. The van der Waals surface area contributed by atoms with Crippen molar-refractivity contribution in [2.45, 2.75) is 19.8 Å². The van der Waals surface area contributed by atoms with Gasteiger partial charge in [-0.15, -0.1) is 0 Å². The van der Waals surface area contributed by atoms with E-state index in [2.05, 4.69) is 5.32 Å². The average molecular weight is 332 g/mol. The van der Waals surface area contributed by atoms with Gasteiger partial charge >= 0.3 is 0 Å². The maximum Gasteiger partial charge on any atom is 0.228 e. The van der Waals surface area contributed by atoms with Gasteiger partial charge in [0.25, 0.3) is 0 Å². The lowest BCUT2D eigenvalue weighted by Crippen LogP contribution is -2.44. The summed E-state index contributed by atoms with van der Waals surface area (Å²) in [6, 6.07) is 2.88. The summed E-state index contributed by atoms with van der Waals surface area (Å²) in [5.41, 5.74) is -0.109. The van der Waals surface area contributed by atoms with Crippen LogP contribution in [-0.2, 0) is 14.8 Å². The van der Waals surface area contributed by atoms with E-state index in [9.17, 15) is 22.0 Å². The fourth-order valence-electron chi connectivity index (χ4n) is 2.42. The molecule has 22 heavy (non-hydrogen) atoms. The molecule has 0 aliphatic carbocycles. The first-order valence-corrected chi connectivity index (χ1v) is 8.68. The number of rotatable bonds is 4. The van der Waals surface area contributed by atoms with E-state index in [1.54, 1.807) is 6.92 Å². The molecular weight excluding hydrogens is 314 g/mol. The van der Waals surface area contributed by atoms with E-state index >= 15 is 0 Å². The first-order chi connectivity index (χ1) is 10.3. The van der Waals surface area contributed by atoms with E-state index in [1.165, 1.54) is 4.31 Å². The molecule has 1 N–H and O–H groups in total. The van der Waals surface area contributed by atoms with Crippen LogP contribution in [-0.4, -0.2) is 37.5 Å². The van der Waals surface area contributed by atoms with Crippen LogP contribution in [0.25, 0.3) is 0 Å². The molecule has 0 radical (unpaired) electrons. The maximum absolute atomic E-state index is 13.5. The molecule has 1 amide bonds. The maximum atomic E-state index is 13.5. The fourth-order valence-corrected chi connectivity index (χ4v) is 3.60. The minimum atomic E-state index is -3.34. The van der Waals surface area contributed by atoms with Crippen LogP contribution < -0.4 is 5.32 Å². The van der Waals surface area contributed by atoms with E-state index in [-0.39, 0.29) is 18.0 Å². The van der Waals surface area contributed by atoms with Crippen molar-refractivity contribution in [3.63, 3.8) is 0 Å². The molecule has 1 fully saturated rings. The number of nitrogens with one attached hydrogen (secondary N) is 1.